The number of rotatable bonds is 6. The van der Waals surface area contributed by atoms with Gasteiger partial charge in [0.25, 0.3) is 0 Å². The van der Waals surface area contributed by atoms with Gasteiger partial charge in [0.15, 0.2) is 5.82 Å². The van der Waals surface area contributed by atoms with Crippen LogP contribution >= 0.6 is 0 Å². The third kappa shape index (κ3) is 4.28. The Kier molecular flexibility index (Phi) is 5.76. The number of hydrogen-bond acceptors (Lipinski definition) is 6. The van der Waals surface area contributed by atoms with Crippen molar-refractivity contribution in [3.05, 3.63) is 11.9 Å². The molecule has 0 saturated carbocycles. The van der Waals surface area contributed by atoms with Crippen LogP contribution in [0.3, 0.4) is 0 Å². The number of hydrogen-bond donors (Lipinski definition) is 1. The van der Waals surface area contributed by atoms with Gasteiger partial charge in [0.2, 0.25) is 0 Å². The highest BCUT2D eigenvalue weighted by atomic mass is 16.5. The number of aromatic nitrogens is 2. The first-order chi connectivity index (χ1) is 10.1. The second kappa shape index (κ2) is 7.56. The summed E-state index contributed by atoms with van der Waals surface area (Å²) >= 11 is 0. The molecule has 1 unspecified atom stereocenters. The number of ether oxygens (including phenoxy) is 1. The first-order valence-corrected chi connectivity index (χ1v) is 7.66. The summed E-state index contributed by atoms with van der Waals surface area (Å²) in [5.74, 6) is 2.61. The first-order valence-electron chi connectivity index (χ1n) is 7.66. The van der Waals surface area contributed by atoms with Crippen LogP contribution in [-0.2, 0) is 11.3 Å². The molecule has 21 heavy (non-hydrogen) atoms. The lowest BCUT2D eigenvalue weighted by Gasteiger charge is -2.37. The van der Waals surface area contributed by atoms with Crippen molar-refractivity contribution in [2.45, 2.75) is 32.4 Å². The fraction of sp³-hybridized carbons (Fsp3) is 0.733. The lowest BCUT2D eigenvalue weighted by atomic mass is 10.1. The first kappa shape index (κ1) is 16.0. The Labute approximate surface area is 127 Å². The highest BCUT2D eigenvalue weighted by Gasteiger charge is 2.23. The number of methoxy groups -OCH3 is 1. The number of piperidine rings is 1. The third-order valence-electron chi connectivity index (χ3n) is 3.84. The topological polar surface area (TPSA) is 53.5 Å². The number of likely N-dealkylation sites (N-methyl/N-ethyl adjacent to an activating group) is 1. The van der Waals surface area contributed by atoms with Gasteiger partial charge in [-0.3, -0.25) is 0 Å². The van der Waals surface area contributed by atoms with E-state index < -0.39 is 0 Å². The Morgan fingerprint density at radius 1 is 1.43 bits per heavy atom. The molecule has 1 saturated heterocycles. The van der Waals surface area contributed by atoms with Gasteiger partial charge in [-0.05, 0) is 33.9 Å². The summed E-state index contributed by atoms with van der Waals surface area (Å²) in [7, 11) is 5.97. The Bertz CT molecular complexity index is 427. The van der Waals surface area contributed by atoms with Crippen LogP contribution in [0.2, 0.25) is 0 Å². The van der Waals surface area contributed by atoms with Crippen molar-refractivity contribution >= 4 is 11.6 Å². The lowest BCUT2D eigenvalue weighted by molar-refractivity contribution is 0.178. The molecule has 0 spiro atoms. The van der Waals surface area contributed by atoms with Crippen molar-refractivity contribution in [2.24, 2.45) is 0 Å². The van der Waals surface area contributed by atoms with Crippen molar-refractivity contribution in [3.63, 3.8) is 0 Å². The molecule has 1 fully saturated rings. The van der Waals surface area contributed by atoms with E-state index in [0.29, 0.717) is 12.6 Å². The Hall–Kier alpha value is -1.40. The maximum atomic E-state index is 5.18. The standard InChI is InChI=1S/C15H27N5O/c1-5-16-13-9-15(18-14(17-13)11-21-4)20-8-6-7-12(10-20)19(2)3/h9,12H,5-8,10-11H2,1-4H3,(H,16,17,18). The zero-order chi connectivity index (χ0) is 15.2. The fourth-order valence-electron chi connectivity index (χ4n) is 2.69. The molecule has 1 aliphatic rings. The molecule has 1 aromatic heterocycles. The molecule has 0 aromatic carbocycles. The number of anilines is 2. The van der Waals surface area contributed by atoms with Crippen molar-refractivity contribution in [3.8, 4) is 0 Å². The van der Waals surface area contributed by atoms with Gasteiger partial charge in [0.05, 0.1) is 0 Å². The third-order valence-corrected chi connectivity index (χ3v) is 3.84. The van der Waals surface area contributed by atoms with Gasteiger partial charge >= 0.3 is 0 Å². The molecule has 2 heterocycles. The van der Waals surface area contributed by atoms with E-state index in [1.807, 2.05) is 6.07 Å². The summed E-state index contributed by atoms with van der Waals surface area (Å²) in [5.41, 5.74) is 0. The quantitative estimate of drug-likeness (QED) is 0.859. The van der Waals surface area contributed by atoms with E-state index >= 15 is 0 Å². The van der Waals surface area contributed by atoms with Gasteiger partial charge in [0, 0.05) is 38.9 Å². The Morgan fingerprint density at radius 3 is 2.90 bits per heavy atom. The molecule has 2 rings (SSSR count). The zero-order valence-electron chi connectivity index (χ0n) is 13.6. The summed E-state index contributed by atoms with van der Waals surface area (Å²) in [6, 6.07) is 2.63. The summed E-state index contributed by atoms with van der Waals surface area (Å²) in [5, 5.41) is 3.28. The van der Waals surface area contributed by atoms with E-state index in [0.717, 1.165) is 37.1 Å². The molecule has 1 N–H and O–H groups in total. The van der Waals surface area contributed by atoms with Gasteiger partial charge < -0.3 is 19.9 Å². The average Bonchev–Trinajstić information content (AvgIpc) is 2.48. The minimum absolute atomic E-state index is 0.442. The Morgan fingerprint density at radius 2 is 2.24 bits per heavy atom. The summed E-state index contributed by atoms with van der Waals surface area (Å²) in [6.07, 6.45) is 2.45. The van der Waals surface area contributed by atoms with Gasteiger partial charge in [-0.2, -0.15) is 0 Å². The van der Waals surface area contributed by atoms with Crippen LogP contribution in [0, 0.1) is 0 Å². The van der Waals surface area contributed by atoms with Crippen LogP contribution in [0.25, 0.3) is 0 Å². The molecule has 0 amide bonds. The molecule has 0 radical (unpaired) electrons. The highest BCUT2D eigenvalue weighted by molar-refractivity contribution is 5.49. The fourth-order valence-corrected chi connectivity index (χ4v) is 2.69. The monoisotopic (exact) mass is 293 g/mol. The average molecular weight is 293 g/mol. The molecule has 0 bridgehead atoms. The number of nitrogens with one attached hydrogen (secondary N) is 1. The second-order valence-corrected chi connectivity index (χ2v) is 5.70. The molecule has 118 valence electrons. The highest BCUT2D eigenvalue weighted by Crippen LogP contribution is 2.22. The zero-order valence-corrected chi connectivity index (χ0v) is 13.6. The molecule has 6 nitrogen and oxygen atoms in total. The smallest absolute Gasteiger partial charge is 0.158 e. The van der Waals surface area contributed by atoms with Crippen LogP contribution in [0.1, 0.15) is 25.6 Å². The SMILES string of the molecule is CCNc1cc(N2CCCC(N(C)C)C2)nc(COC)n1. The van der Waals surface area contributed by atoms with E-state index in [1.54, 1.807) is 7.11 Å². The molecule has 1 aromatic rings. The minimum atomic E-state index is 0.442. The van der Waals surface area contributed by atoms with Gasteiger partial charge in [-0.15, -0.1) is 0 Å². The summed E-state index contributed by atoms with van der Waals surface area (Å²) < 4.78 is 5.18. The normalized spacial score (nSPS) is 19.1. The van der Waals surface area contributed by atoms with Crippen molar-refractivity contribution < 1.29 is 4.74 Å². The van der Waals surface area contributed by atoms with E-state index in [2.05, 4.69) is 46.1 Å². The predicted molar refractivity (Wildman–Crippen MR) is 85.8 cm³/mol. The number of nitrogens with zero attached hydrogens (tertiary/aromatic N) is 4. The van der Waals surface area contributed by atoms with Gasteiger partial charge in [-0.1, -0.05) is 0 Å². The maximum Gasteiger partial charge on any atom is 0.158 e. The lowest BCUT2D eigenvalue weighted by Crippen LogP contribution is -2.45. The van der Waals surface area contributed by atoms with Gasteiger partial charge in [-0.25, -0.2) is 9.97 Å². The van der Waals surface area contributed by atoms with Crippen LogP contribution in [0.15, 0.2) is 6.07 Å². The van der Waals surface area contributed by atoms with Crippen LogP contribution in [-0.4, -0.2) is 61.7 Å². The van der Waals surface area contributed by atoms with E-state index in [4.69, 9.17) is 4.74 Å². The molecule has 0 aliphatic carbocycles. The molecule has 6 heteroatoms. The summed E-state index contributed by atoms with van der Waals surface area (Å²) in [6.45, 7) is 5.43. The van der Waals surface area contributed by atoms with Crippen LogP contribution in [0.5, 0.6) is 0 Å². The van der Waals surface area contributed by atoms with Crippen molar-refractivity contribution in [2.75, 3.05) is 51.1 Å². The van der Waals surface area contributed by atoms with Gasteiger partial charge in [0.1, 0.15) is 18.2 Å². The minimum Gasteiger partial charge on any atom is -0.377 e. The molecule has 1 atom stereocenters. The van der Waals surface area contributed by atoms with E-state index in [1.165, 1.54) is 12.8 Å². The predicted octanol–water partition coefficient (Wildman–Crippen LogP) is 1.59. The largest absolute Gasteiger partial charge is 0.377 e. The summed E-state index contributed by atoms with van der Waals surface area (Å²) in [4.78, 5) is 13.8. The second-order valence-electron chi connectivity index (χ2n) is 5.70. The molecular weight excluding hydrogens is 266 g/mol. The molecule has 1 aliphatic heterocycles. The van der Waals surface area contributed by atoms with Crippen molar-refractivity contribution in [1.82, 2.24) is 14.9 Å². The van der Waals surface area contributed by atoms with Crippen LogP contribution in [0.4, 0.5) is 11.6 Å². The van der Waals surface area contributed by atoms with E-state index in [-0.39, 0.29) is 0 Å². The van der Waals surface area contributed by atoms with Crippen molar-refractivity contribution in [1.29, 1.82) is 0 Å². The molecular formula is C15H27N5O. The maximum absolute atomic E-state index is 5.18. The van der Waals surface area contributed by atoms with Crippen LogP contribution < -0.4 is 10.2 Å². The van der Waals surface area contributed by atoms with E-state index in [9.17, 15) is 0 Å². The Balaban J connectivity index is 2.20.